The zero-order chi connectivity index (χ0) is 33.1. The second-order valence-electron chi connectivity index (χ2n) is 12.4. The van der Waals surface area contributed by atoms with Crippen molar-refractivity contribution in [3.8, 4) is 0 Å². The van der Waals surface area contributed by atoms with E-state index in [2.05, 4.69) is 6.92 Å². The predicted octanol–water partition coefficient (Wildman–Crippen LogP) is 5.42. The molecule has 11 nitrogen and oxygen atoms in total. The molecule has 0 amide bonds. The molecule has 0 aromatic carbocycles. The average Bonchev–Trinajstić information content (AvgIpc) is 2.95. The third-order valence-corrected chi connectivity index (χ3v) is 7.87. The van der Waals surface area contributed by atoms with Crippen LogP contribution >= 0.6 is 7.82 Å². The molecular formula is C32H60NO10P. The summed E-state index contributed by atoms with van der Waals surface area (Å²) in [5.74, 6) is -1.28. The topological polar surface area (TPSA) is 148 Å². The highest BCUT2D eigenvalue weighted by Gasteiger charge is 2.21. The SMILES string of the molecule is CCCCCCCCCCCCCCCC(=O)OC[C@H](COP(=O)([O-])OCC[N+](C)(C)C)OC(=O)C=CCC(O)CCC=O. The molecule has 12 heteroatoms. The first-order valence-electron chi connectivity index (χ1n) is 16.4. The Hall–Kier alpha value is -1.62. The van der Waals surface area contributed by atoms with Gasteiger partial charge in [0.15, 0.2) is 6.10 Å². The van der Waals surface area contributed by atoms with Crippen molar-refractivity contribution in [3.63, 3.8) is 0 Å². The van der Waals surface area contributed by atoms with Gasteiger partial charge in [0.2, 0.25) is 0 Å². The number of likely N-dealkylation sites (N-methyl/N-ethyl adjacent to an activating group) is 1. The van der Waals surface area contributed by atoms with Crippen molar-refractivity contribution < 1.29 is 52.0 Å². The summed E-state index contributed by atoms with van der Waals surface area (Å²) < 4.78 is 33.0. The lowest BCUT2D eigenvalue weighted by atomic mass is 10.0. The monoisotopic (exact) mass is 649 g/mol. The van der Waals surface area contributed by atoms with E-state index in [0.29, 0.717) is 23.7 Å². The summed E-state index contributed by atoms with van der Waals surface area (Å²) in [4.78, 5) is 47.2. The fourth-order valence-electron chi connectivity index (χ4n) is 4.20. The molecule has 2 unspecified atom stereocenters. The minimum Gasteiger partial charge on any atom is -0.756 e. The van der Waals surface area contributed by atoms with Crippen LogP contribution in [0.15, 0.2) is 12.2 Å². The molecule has 44 heavy (non-hydrogen) atoms. The summed E-state index contributed by atoms with van der Waals surface area (Å²) in [6, 6.07) is 0. The van der Waals surface area contributed by atoms with Gasteiger partial charge in [-0.15, -0.1) is 0 Å². The molecule has 1 N–H and O–H groups in total. The Kier molecular flexibility index (Phi) is 25.6. The van der Waals surface area contributed by atoms with Crippen molar-refractivity contribution in [1.29, 1.82) is 0 Å². The van der Waals surface area contributed by atoms with Gasteiger partial charge in [0.25, 0.3) is 7.82 Å². The Bertz CT molecular complexity index is 830. The van der Waals surface area contributed by atoms with Crippen LogP contribution in [0.3, 0.4) is 0 Å². The lowest BCUT2D eigenvalue weighted by Crippen LogP contribution is -2.37. The Morgan fingerprint density at radius 1 is 0.886 bits per heavy atom. The van der Waals surface area contributed by atoms with Crippen LogP contribution < -0.4 is 4.89 Å². The Morgan fingerprint density at radius 3 is 2.00 bits per heavy atom. The summed E-state index contributed by atoms with van der Waals surface area (Å²) >= 11 is 0. The molecule has 0 aliphatic heterocycles. The maximum Gasteiger partial charge on any atom is 0.330 e. The van der Waals surface area contributed by atoms with E-state index in [1.54, 1.807) is 0 Å². The van der Waals surface area contributed by atoms with Gasteiger partial charge >= 0.3 is 11.9 Å². The fraction of sp³-hybridized carbons (Fsp3) is 0.844. The number of hydrogen-bond acceptors (Lipinski definition) is 10. The third kappa shape index (κ3) is 29.1. The molecular weight excluding hydrogens is 589 g/mol. The molecule has 258 valence electrons. The number of aliphatic hydroxyl groups is 1. The van der Waals surface area contributed by atoms with Gasteiger partial charge in [-0.3, -0.25) is 9.36 Å². The maximum atomic E-state index is 12.3. The molecule has 0 rings (SSSR count). The number of hydrogen-bond donors (Lipinski definition) is 1. The number of esters is 2. The van der Waals surface area contributed by atoms with Crippen LogP contribution in [0.4, 0.5) is 0 Å². The zero-order valence-corrected chi connectivity index (χ0v) is 28.6. The highest BCUT2D eigenvalue weighted by Crippen LogP contribution is 2.38. The molecule has 0 fully saturated rings. The number of unbranched alkanes of at least 4 members (excludes halogenated alkanes) is 12. The van der Waals surface area contributed by atoms with Gasteiger partial charge in [-0.25, -0.2) is 4.79 Å². The summed E-state index contributed by atoms with van der Waals surface area (Å²) in [7, 11) is 0.973. The Balaban J connectivity index is 4.52. The first kappa shape index (κ1) is 42.4. The summed E-state index contributed by atoms with van der Waals surface area (Å²) in [5, 5.41) is 9.79. The highest BCUT2D eigenvalue weighted by molar-refractivity contribution is 7.45. The highest BCUT2D eigenvalue weighted by atomic mass is 31.2. The fourth-order valence-corrected chi connectivity index (χ4v) is 4.93. The third-order valence-electron chi connectivity index (χ3n) is 6.91. The van der Waals surface area contributed by atoms with E-state index in [4.69, 9.17) is 18.5 Å². The van der Waals surface area contributed by atoms with Gasteiger partial charge in [-0.05, 0) is 19.3 Å². The number of ether oxygens (including phenoxy) is 2. The molecule has 3 atom stereocenters. The van der Waals surface area contributed by atoms with Crippen molar-refractivity contribution in [2.24, 2.45) is 0 Å². The second-order valence-corrected chi connectivity index (χ2v) is 13.8. The Labute approximate surface area is 265 Å². The summed E-state index contributed by atoms with van der Waals surface area (Å²) in [5.41, 5.74) is 0. The molecule has 0 heterocycles. The summed E-state index contributed by atoms with van der Waals surface area (Å²) in [6.07, 6.45) is 17.5. The van der Waals surface area contributed by atoms with Crippen molar-refractivity contribution in [2.45, 2.75) is 128 Å². The maximum absolute atomic E-state index is 12.3. The molecule has 0 aliphatic rings. The molecule has 0 aromatic rings. The van der Waals surface area contributed by atoms with Crippen molar-refractivity contribution in [1.82, 2.24) is 0 Å². The largest absolute Gasteiger partial charge is 0.756 e. The van der Waals surface area contributed by atoms with Gasteiger partial charge in [-0.2, -0.15) is 0 Å². The molecule has 0 saturated carbocycles. The molecule has 0 bridgehead atoms. The number of carbonyl (C=O) groups excluding carboxylic acids is 3. The molecule has 0 saturated heterocycles. The number of phosphoric ester groups is 1. The number of quaternary nitrogens is 1. The van der Waals surface area contributed by atoms with Crippen LogP contribution in [0, 0.1) is 0 Å². The first-order valence-corrected chi connectivity index (χ1v) is 17.9. The number of phosphoric acid groups is 1. The van der Waals surface area contributed by atoms with Crippen LogP contribution in [-0.4, -0.2) is 87.5 Å². The number of aldehydes is 1. The number of carbonyl (C=O) groups is 3. The van der Waals surface area contributed by atoms with Crippen LogP contribution in [0.2, 0.25) is 0 Å². The average molecular weight is 650 g/mol. The summed E-state index contributed by atoms with van der Waals surface area (Å²) in [6.45, 7) is 1.61. The molecule has 0 aromatic heterocycles. The lowest BCUT2D eigenvalue weighted by molar-refractivity contribution is -0.870. The van der Waals surface area contributed by atoms with E-state index in [0.717, 1.165) is 25.3 Å². The van der Waals surface area contributed by atoms with Gasteiger partial charge in [0.1, 0.15) is 26.0 Å². The van der Waals surface area contributed by atoms with Gasteiger partial charge in [0, 0.05) is 18.9 Å². The van der Waals surface area contributed by atoms with Crippen molar-refractivity contribution >= 4 is 26.0 Å². The molecule has 0 radical (unpaired) electrons. The van der Waals surface area contributed by atoms with E-state index in [-0.39, 0.29) is 38.9 Å². The number of aliphatic hydroxyl groups excluding tert-OH is 1. The van der Waals surface area contributed by atoms with Gasteiger partial charge < -0.3 is 37.8 Å². The van der Waals surface area contributed by atoms with Crippen molar-refractivity contribution in [2.75, 3.05) is 47.5 Å². The smallest absolute Gasteiger partial charge is 0.330 e. The first-order chi connectivity index (χ1) is 20.9. The van der Waals surface area contributed by atoms with Crippen LogP contribution in [-0.2, 0) is 37.5 Å². The zero-order valence-electron chi connectivity index (χ0n) is 27.8. The second kappa shape index (κ2) is 26.6. The number of nitrogens with zero attached hydrogens (tertiary/aromatic N) is 1. The van der Waals surface area contributed by atoms with E-state index >= 15 is 0 Å². The normalized spacial score (nSPS) is 14.7. The van der Waals surface area contributed by atoms with Gasteiger partial charge in [-0.1, -0.05) is 90.0 Å². The minimum absolute atomic E-state index is 0.0853. The van der Waals surface area contributed by atoms with Gasteiger partial charge in [0.05, 0.1) is 33.9 Å². The molecule has 0 spiro atoms. The quantitative estimate of drug-likeness (QED) is 0.0267. The van der Waals surface area contributed by atoms with Crippen LogP contribution in [0.25, 0.3) is 0 Å². The van der Waals surface area contributed by atoms with Crippen LogP contribution in [0.5, 0.6) is 0 Å². The van der Waals surface area contributed by atoms with E-state index in [1.807, 2.05) is 21.1 Å². The molecule has 0 aliphatic carbocycles. The Morgan fingerprint density at radius 2 is 1.45 bits per heavy atom. The van der Waals surface area contributed by atoms with E-state index in [9.17, 15) is 28.9 Å². The predicted molar refractivity (Wildman–Crippen MR) is 169 cm³/mol. The minimum atomic E-state index is -4.68. The van der Waals surface area contributed by atoms with E-state index in [1.165, 1.54) is 63.9 Å². The standard InChI is InChI=1S/C32H60NO10P/c1-5-6-7-8-9-10-11-12-13-14-15-16-17-22-31(36)40-27-30(28-42-44(38,39)41-26-24-33(2,3)4)43-32(37)23-18-20-29(35)21-19-25-34/h18,23,25,29-30,35H,5-17,19-22,24,26-28H2,1-4H3/t29?,30-/m1/s1. The lowest BCUT2D eigenvalue weighted by Gasteiger charge is -2.28. The van der Waals surface area contributed by atoms with Crippen molar-refractivity contribution in [3.05, 3.63) is 12.2 Å². The van der Waals surface area contributed by atoms with Crippen LogP contribution in [0.1, 0.15) is 116 Å². The van der Waals surface area contributed by atoms with E-state index < -0.39 is 38.6 Å². The number of rotatable bonds is 30.